The van der Waals surface area contributed by atoms with Gasteiger partial charge in [-0.25, -0.2) is 0 Å². The van der Waals surface area contributed by atoms with Crippen molar-refractivity contribution in [1.29, 1.82) is 5.26 Å². The minimum absolute atomic E-state index is 0.0887. The second-order valence-electron chi connectivity index (χ2n) is 8.98. The number of hydrogen-bond donors (Lipinski definition) is 0. The van der Waals surface area contributed by atoms with E-state index in [4.69, 9.17) is 10.4 Å². The minimum atomic E-state index is 0.0887. The number of rotatable bonds is 9. The van der Waals surface area contributed by atoms with E-state index in [2.05, 4.69) is 19.9 Å². The Balaban J connectivity index is 1.55. The molecule has 6 heteroatoms. The van der Waals surface area contributed by atoms with Crippen LogP contribution in [0.4, 0.5) is 0 Å². The molecular weight excluding hydrogens is 388 g/mol. The van der Waals surface area contributed by atoms with Gasteiger partial charge in [-0.1, -0.05) is 12.1 Å². The summed E-state index contributed by atoms with van der Waals surface area (Å²) in [6.45, 7) is 5.72. The molecule has 0 radical (unpaired) electrons. The summed E-state index contributed by atoms with van der Waals surface area (Å²) >= 11 is 0. The summed E-state index contributed by atoms with van der Waals surface area (Å²) in [6, 6.07) is 9.72. The maximum absolute atomic E-state index is 13.3. The maximum atomic E-state index is 13.3. The lowest BCUT2D eigenvalue weighted by molar-refractivity contribution is -0.127. The van der Waals surface area contributed by atoms with Gasteiger partial charge in [0.2, 0.25) is 5.91 Å². The second kappa shape index (κ2) is 9.05. The summed E-state index contributed by atoms with van der Waals surface area (Å²) in [6.07, 6.45) is 5.90. The highest BCUT2D eigenvalue weighted by Gasteiger charge is 2.35. The van der Waals surface area contributed by atoms with Gasteiger partial charge in [-0.3, -0.25) is 14.3 Å². The van der Waals surface area contributed by atoms with Crippen molar-refractivity contribution in [2.45, 2.75) is 70.8 Å². The lowest BCUT2D eigenvalue weighted by Crippen LogP contribution is -2.25. The van der Waals surface area contributed by atoms with Gasteiger partial charge in [0.1, 0.15) is 5.69 Å². The third-order valence-corrected chi connectivity index (χ3v) is 6.23. The molecule has 0 bridgehead atoms. The van der Waals surface area contributed by atoms with E-state index in [1.807, 2.05) is 33.8 Å². The van der Waals surface area contributed by atoms with Crippen LogP contribution in [0, 0.1) is 11.3 Å². The number of nitriles is 1. The zero-order valence-corrected chi connectivity index (χ0v) is 18.4. The van der Waals surface area contributed by atoms with Crippen molar-refractivity contribution in [1.82, 2.24) is 14.7 Å². The molecule has 1 saturated heterocycles. The molecule has 31 heavy (non-hydrogen) atoms. The second-order valence-corrected chi connectivity index (χ2v) is 8.98. The Labute approximate surface area is 183 Å². The molecule has 2 aromatic rings. The number of aromatic nitrogens is 2. The van der Waals surface area contributed by atoms with Crippen LogP contribution in [0.1, 0.15) is 92.4 Å². The first-order valence-corrected chi connectivity index (χ1v) is 11.4. The fourth-order valence-corrected chi connectivity index (χ4v) is 4.42. The van der Waals surface area contributed by atoms with Gasteiger partial charge in [0, 0.05) is 43.1 Å². The fraction of sp³-hybridized carbons (Fsp3) is 0.520. The summed E-state index contributed by atoms with van der Waals surface area (Å²) in [4.78, 5) is 27.0. The molecule has 0 spiro atoms. The fourth-order valence-electron chi connectivity index (χ4n) is 4.42. The molecule has 2 aliphatic rings. The molecule has 162 valence electrons. The summed E-state index contributed by atoms with van der Waals surface area (Å²) < 4.78 is 1.90. The van der Waals surface area contributed by atoms with Crippen molar-refractivity contribution in [2.24, 2.45) is 0 Å². The number of unbranched alkanes of at least 4 members (excludes halogenated alkanes) is 1. The minimum Gasteiger partial charge on any atom is -0.343 e. The highest BCUT2D eigenvalue weighted by Crippen LogP contribution is 2.46. The van der Waals surface area contributed by atoms with E-state index in [0.29, 0.717) is 24.3 Å². The Bertz CT molecular complexity index is 1010. The molecule has 1 aromatic carbocycles. The average molecular weight is 419 g/mol. The molecule has 1 aliphatic carbocycles. The summed E-state index contributed by atoms with van der Waals surface area (Å²) in [5, 5.41) is 14.0. The molecule has 4 rings (SSSR count). The van der Waals surface area contributed by atoms with Crippen molar-refractivity contribution in [3.63, 3.8) is 0 Å². The van der Waals surface area contributed by atoms with Crippen LogP contribution in [0.2, 0.25) is 0 Å². The van der Waals surface area contributed by atoms with E-state index in [1.165, 1.54) is 0 Å². The molecule has 0 N–H and O–H groups in total. The van der Waals surface area contributed by atoms with Crippen molar-refractivity contribution < 1.29 is 9.59 Å². The molecule has 0 atom stereocenters. The van der Waals surface area contributed by atoms with E-state index in [9.17, 15) is 9.59 Å². The topological polar surface area (TPSA) is 79.0 Å². The zero-order valence-electron chi connectivity index (χ0n) is 18.4. The lowest BCUT2D eigenvalue weighted by Gasteiger charge is -2.15. The number of hydrogen-bond acceptors (Lipinski definition) is 4. The zero-order chi connectivity index (χ0) is 22.0. The van der Waals surface area contributed by atoms with Gasteiger partial charge in [0.15, 0.2) is 5.78 Å². The molecule has 6 nitrogen and oxygen atoms in total. The largest absolute Gasteiger partial charge is 0.343 e. The average Bonchev–Trinajstić information content (AvgIpc) is 3.40. The first kappa shape index (κ1) is 21.3. The van der Waals surface area contributed by atoms with Crippen LogP contribution in [-0.2, 0) is 4.79 Å². The number of carbonyl (C=O) groups excluding carboxylic acids is 2. The van der Waals surface area contributed by atoms with E-state index in [1.54, 1.807) is 0 Å². The number of benzene rings is 1. The Morgan fingerprint density at radius 3 is 2.55 bits per heavy atom. The standard InChI is InChI=1S/C25H30N4O2/c1-17(2)29-25(21(30)6-3-4-14-28-15-5-7-22(28)31)23(19-12-13-19)24(27-29)20-10-8-18(16-26)9-11-20/h8-11,17,19H,3-7,12-15H2,1-2H3. The van der Waals surface area contributed by atoms with Gasteiger partial charge < -0.3 is 4.90 Å². The number of likely N-dealkylation sites (tertiary alicyclic amines) is 1. The van der Waals surface area contributed by atoms with Crippen molar-refractivity contribution >= 4 is 11.7 Å². The van der Waals surface area contributed by atoms with Crippen LogP contribution in [-0.4, -0.2) is 39.5 Å². The predicted octanol–water partition coefficient (Wildman–Crippen LogP) is 4.86. The van der Waals surface area contributed by atoms with E-state index < -0.39 is 0 Å². The third kappa shape index (κ3) is 4.56. The number of Topliss-reactive ketones (excluding diaryl/α,β-unsaturated/α-hetero) is 1. The Morgan fingerprint density at radius 1 is 1.23 bits per heavy atom. The molecule has 0 unspecified atom stereocenters. The maximum Gasteiger partial charge on any atom is 0.222 e. The summed E-state index contributed by atoms with van der Waals surface area (Å²) in [7, 11) is 0. The van der Waals surface area contributed by atoms with Crippen molar-refractivity contribution in [3.05, 3.63) is 41.1 Å². The van der Waals surface area contributed by atoms with Crippen LogP contribution < -0.4 is 0 Å². The van der Waals surface area contributed by atoms with Crippen LogP contribution in [0.5, 0.6) is 0 Å². The number of amides is 1. The quantitative estimate of drug-likeness (QED) is 0.430. The molecule has 1 amide bonds. The number of carbonyl (C=O) groups is 2. The molecular formula is C25H30N4O2. The third-order valence-electron chi connectivity index (χ3n) is 6.23. The van der Waals surface area contributed by atoms with E-state index >= 15 is 0 Å². The molecule has 2 heterocycles. The number of ketones is 1. The molecule has 2 fully saturated rings. The van der Waals surface area contributed by atoms with Crippen LogP contribution in [0.25, 0.3) is 11.3 Å². The lowest BCUT2D eigenvalue weighted by atomic mass is 9.97. The van der Waals surface area contributed by atoms with Gasteiger partial charge in [0.25, 0.3) is 0 Å². The predicted molar refractivity (Wildman–Crippen MR) is 119 cm³/mol. The molecule has 1 aromatic heterocycles. The molecule has 1 saturated carbocycles. The van der Waals surface area contributed by atoms with Gasteiger partial charge >= 0.3 is 0 Å². The van der Waals surface area contributed by atoms with Gasteiger partial charge in [-0.05, 0) is 64.0 Å². The normalized spacial score (nSPS) is 16.2. The highest BCUT2D eigenvalue weighted by molar-refractivity contribution is 5.98. The van der Waals surface area contributed by atoms with Crippen LogP contribution >= 0.6 is 0 Å². The van der Waals surface area contributed by atoms with Crippen LogP contribution in [0.15, 0.2) is 24.3 Å². The highest BCUT2D eigenvalue weighted by atomic mass is 16.2. The smallest absolute Gasteiger partial charge is 0.222 e. The van der Waals surface area contributed by atoms with Crippen molar-refractivity contribution in [3.8, 4) is 17.3 Å². The first-order valence-electron chi connectivity index (χ1n) is 11.4. The summed E-state index contributed by atoms with van der Waals surface area (Å²) in [5.41, 5.74) is 4.30. The van der Waals surface area contributed by atoms with Crippen LogP contribution in [0.3, 0.4) is 0 Å². The summed E-state index contributed by atoms with van der Waals surface area (Å²) in [5.74, 6) is 0.780. The Morgan fingerprint density at radius 2 is 1.97 bits per heavy atom. The van der Waals surface area contributed by atoms with Gasteiger partial charge in [0.05, 0.1) is 17.3 Å². The Hall–Kier alpha value is -2.94. The molecule has 1 aliphatic heterocycles. The van der Waals surface area contributed by atoms with E-state index in [0.717, 1.165) is 67.7 Å². The monoisotopic (exact) mass is 418 g/mol. The van der Waals surface area contributed by atoms with Crippen molar-refractivity contribution in [2.75, 3.05) is 13.1 Å². The van der Waals surface area contributed by atoms with Gasteiger partial charge in [-0.15, -0.1) is 0 Å². The van der Waals surface area contributed by atoms with Gasteiger partial charge in [-0.2, -0.15) is 10.4 Å². The SMILES string of the molecule is CC(C)n1nc(-c2ccc(C#N)cc2)c(C2CC2)c1C(=O)CCCCN1CCCC1=O. The first-order chi connectivity index (χ1) is 15.0. The van der Waals surface area contributed by atoms with E-state index in [-0.39, 0.29) is 17.7 Å². The Kier molecular flexibility index (Phi) is 6.22. The number of nitrogens with zero attached hydrogens (tertiary/aromatic N) is 4.